The quantitative estimate of drug-likeness (QED) is 0.656. The Bertz CT molecular complexity index is 771. The number of benzene rings is 2. The van der Waals surface area contributed by atoms with Crippen molar-refractivity contribution in [3.63, 3.8) is 0 Å². The summed E-state index contributed by atoms with van der Waals surface area (Å²) in [6.07, 6.45) is 0. The molecule has 1 aromatic heterocycles. The van der Waals surface area contributed by atoms with Gasteiger partial charge in [-0.2, -0.15) is 0 Å². The van der Waals surface area contributed by atoms with Gasteiger partial charge < -0.3 is 0 Å². The molecule has 1 nitrogen and oxygen atoms in total. The monoisotopic (exact) mass is 326 g/mol. The maximum absolute atomic E-state index is 12.4. The average Bonchev–Trinajstić information content (AvgIpc) is 2.49. The van der Waals surface area contributed by atoms with E-state index in [1.54, 1.807) is 0 Å². The summed E-state index contributed by atoms with van der Waals surface area (Å²) in [6.45, 7) is 2.07. The molecule has 2 aromatic carbocycles. The van der Waals surface area contributed by atoms with Crippen LogP contribution in [-0.4, -0.2) is 14.5 Å². The van der Waals surface area contributed by atoms with E-state index in [2.05, 4.69) is 37.3 Å². The summed E-state index contributed by atoms with van der Waals surface area (Å²) < 4.78 is 1.41. The molecule has 0 bridgehead atoms. The third-order valence-electron chi connectivity index (χ3n) is 3.24. The molecule has 0 saturated heterocycles. The zero-order valence-corrected chi connectivity index (χ0v) is 12.9. The first kappa shape index (κ1) is 13.1. The van der Waals surface area contributed by atoms with Gasteiger partial charge in [0.1, 0.15) is 0 Å². The zero-order chi connectivity index (χ0) is 13.9. The molecular weight excluding hydrogens is 311 g/mol. The van der Waals surface area contributed by atoms with E-state index < -0.39 is 0 Å². The van der Waals surface area contributed by atoms with Crippen molar-refractivity contribution in [2.75, 3.05) is 0 Å². The summed E-state index contributed by atoms with van der Waals surface area (Å²) in [5, 5.41) is 0. The average molecular weight is 325 g/mol. The molecule has 1 heterocycles. The zero-order valence-electron chi connectivity index (χ0n) is 11.2. The number of hydrogen-bond acceptors (Lipinski definition) is 1. The Morgan fingerprint density at radius 2 is 1.45 bits per heavy atom. The molecule has 0 amide bonds. The van der Waals surface area contributed by atoms with Crippen LogP contribution in [0.4, 0.5) is 0 Å². The molecule has 0 radical (unpaired) electrons. The van der Waals surface area contributed by atoms with E-state index in [0.29, 0.717) is 0 Å². The van der Waals surface area contributed by atoms with Gasteiger partial charge in [-0.05, 0) is 0 Å². The number of aryl methyl sites for hydroxylation is 1. The van der Waals surface area contributed by atoms with Gasteiger partial charge in [-0.15, -0.1) is 0 Å². The molecule has 0 saturated carbocycles. The summed E-state index contributed by atoms with van der Waals surface area (Å²) in [7, 11) is 0. The van der Waals surface area contributed by atoms with Crippen LogP contribution in [0, 0.1) is 6.92 Å². The van der Waals surface area contributed by atoms with E-state index in [1.807, 2.05) is 36.4 Å². The van der Waals surface area contributed by atoms with E-state index in [0.717, 1.165) is 21.1 Å². The van der Waals surface area contributed by atoms with Crippen LogP contribution in [0.15, 0.2) is 71.5 Å². The van der Waals surface area contributed by atoms with Crippen molar-refractivity contribution in [3.8, 4) is 21.1 Å². The predicted octanol–water partition coefficient (Wildman–Crippen LogP) is 3.75. The Labute approximate surface area is 124 Å². The fourth-order valence-electron chi connectivity index (χ4n) is 2.12. The molecule has 0 unspecified atom stereocenters. The van der Waals surface area contributed by atoms with Gasteiger partial charge in [0.15, 0.2) is 0 Å². The predicted molar refractivity (Wildman–Crippen MR) is 85.3 cm³/mol. The van der Waals surface area contributed by atoms with Gasteiger partial charge in [0.05, 0.1) is 0 Å². The molecule has 3 rings (SSSR count). The van der Waals surface area contributed by atoms with Crippen LogP contribution >= 0.6 is 0 Å². The van der Waals surface area contributed by atoms with Gasteiger partial charge >= 0.3 is 124 Å². The van der Waals surface area contributed by atoms with E-state index in [1.165, 1.54) is 5.56 Å². The molecule has 0 N–H and O–H groups in total. The SMILES string of the molecule is Cc1ccc(-c2ccc(-c3ccccc3)c(=O)[se]2)cc1. The second-order valence-corrected chi connectivity index (χ2v) is 6.86. The maximum atomic E-state index is 12.4. The fourth-order valence-corrected chi connectivity index (χ4v) is 3.98. The molecule has 3 aromatic rings. The second kappa shape index (κ2) is 5.62. The first-order chi connectivity index (χ1) is 9.74. The Morgan fingerprint density at radius 1 is 0.750 bits per heavy atom. The minimum atomic E-state index is -0.144. The van der Waals surface area contributed by atoms with E-state index in [4.69, 9.17) is 0 Å². The molecule has 0 aliphatic carbocycles. The van der Waals surface area contributed by atoms with Crippen molar-refractivity contribution in [1.29, 1.82) is 0 Å². The van der Waals surface area contributed by atoms with Gasteiger partial charge in [-0.1, -0.05) is 0 Å². The molecular formula is C18H14OSe. The molecule has 0 spiro atoms. The van der Waals surface area contributed by atoms with E-state index in [9.17, 15) is 4.79 Å². The molecule has 0 fully saturated rings. The van der Waals surface area contributed by atoms with Crippen LogP contribution in [0.2, 0.25) is 0 Å². The summed E-state index contributed by atoms with van der Waals surface area (Å²) in [5.41, 5.74) is 4.25. The third-order valence-corrected chi connectivity index (χ3v) is 5.34. The Balaban J connectivity index is 2.04. The van der Waals surface area contributed by atoms with E-state index in [-0.39, 0.29) is 18.8 Å². The second-order valence-electron chi connectivity index (χ2n) is 4.73. The number of hydrogen-bond donors (Lipinski definition) is 0. The molecule has 0 atom stereocenters. The van der Waals surface area contributed by atoms with Crippen LogP contribution in [0.3, 0.4) is 0 Å². The van der Waals surface area contributed by atoms with Crippen LogP contribution < -0.4 is 4.30 Å². The van der Waals surface area contributed by atoms with Crippen molar-refractivity contribution in [2.24, 2.45) is 0 Å². The van der Waals surface area contributed by atoms with Crippen molar-refractivity contribution < 1.29 is 0 Å². The normalized spacial score (nSPS) is 10.4. The number of rotatable bonds is 2. The van der Waals surface area contributed by atoms with Gasteiger partial charge in [-0.25, -0.2) is 0 Å². The van der Waals surface area contributed by atoms with Crippen LogP contribution in [-0.2, 0) is 0 Å². The fraction of sp³-hybridized carbons (Fsp3) is 0.0556. The molecule has 0 aliphatic rings. The topological polar surface area (TPSA) is 17.1 Å². The summed E-state index contributed by atoms with van der Waals surface area (Å²) in [6, 6.07) is 22.3. The van der Waals surface area contributed by atoms with Crippen LogP contribution in [0.25, 0.3) is 21.1 Å². The molecule has 2 heteroatoms. The summed E-state index contributed by atoms with van der Waals surface area (Å²) >= 11 is -0.144. The first-order valence-corrected chi connectivity index (χ1v) is 8.22. The van der Waals surface area contributed by atoms with Gasteiger partial charge in [0.25, 0.3) is 0 Å². The van der Waals surface area contributed by atoms with Crippen molar-refractivity contribution in [2.45, 2.75) is 6.92 Å². The molecule has 0 aliphatic heterocycles. The van der Waals surface area contributed by atoms with Crippen molar-refractivity contribution in [3.05, 3.63) is 81.4 Å². The Hall–Kier alpha value is -1.89. The van der Waals surface area contributed by atoms with Gasteiger partial charge in [0, 0.05) is 0 Å². The minimum absolute atomic E-state index is 0.144. The van der Waals surface area contributed by atoms with Crippen LogP contribution in [0.5, 0.6) is 0 Å². The Morgan fingerprint density at radius 3 is 2.10 bits per heavy atom. The standard InChI is InChI=1S/C18H14OSe/c1-13-7-9-15(10-8-13)17-12-11-16(18(19)20-17)14-5-3-2-4-6-14/h2-12H,1H3. The summed E-state index contributed by atoms with van der Waals surface area (Å²) in [5.74, 6) is 0. The molecule has 98 valence electrons. The van der Waals surface area contributed by atoms with Crippen LogP contribution in [0.1, 0.15) is 5.56 Å². The van der Waals surface area contributed by atoms with Gasteiger partial charge in [-0.3, -0.25) is 0 Å². The third kappa shape index (κ3) is 2.67. The van der Waals surface area contributed by atoms with Crippen molar-refractivity contribution in [1.82, 2.24) is 0 Å². The van der Waals surface area contributed by atoms with Crippen molar-refractivity contribution >= 4 is 14.5 Å². The summed E-state index contributed by atoms with van der Waals surface area (Å²) in [4.78, 5) is 12.4. The Kier molecular flexibility index (Phi) is 3.68. The van der Waals surface area contributed by atoms with Gasteiger partial charge in [0.2, 0.25) is 0 Å². The first-order valence-electron chi connectivity index (χ1n) is 6.51. The molecule has 20 heavy (non-hydrogen) atoms. The van der Waals surface area contributed by atoms with E-state index >= 15 is 0 Å².